The third-order valence-corrected chi connectivity index (χ3v) is 17.4. The number of hydrogen-bond acceptors (Lipinski definition) is 3. The number of nitrogens with zero attached hydrogens (tertiary/aromatic N) is 5. The number of furan rings is 1. The minimum atomic E-state index is -3.30. The Labute approximate surface area is 350 Å². The summed E-state index contributed by atoms with van der Waals surface area (Å²) in [5, 5.41) is 9.42. The zero-order chi connectivity index (χ0) is 40.1. The Morgan fingerprint density at radius 1 is 0.377 bits per heavy atom. The van der Waals surface area contributed by atoms with Gasteiger partial charge in [0.2, 0.25) is 5.78 Å². The summed E-state index contributed by atoms with van der Waals surface area (Å²) in [5.74, 6) is 2.43. The summed E-state index contributed by atoms with van der Waals surface area (Å²) in [7, 11) is -3.30. The number of pyridine rings is 1. The summed E-state index contributed by atoms with van der Waals surface area (Å²) in [4.78, 5) is 11.1. The van der Waals surface area contributed by atoms with Crippen LogP contribution in [0.15, 0.2) is 217 Å². The molecule has 0 aliphatic carbocycles. The Morgan fingerprint density at radius 2 is 0.902 bits per heavy atom. The average Bonchev–Trinajstić information content (AvgIpc) is 4.07. The summed E-state index contributed by atoms with van der Waals surface area (Å²) in [6.45, 7) is 0. The van der Waals surface area contributed by atoms with Crippen molar-refractivity contribution in [1.29, 1.82) is 0 Å². The van der Waals surface area contributed by atoms with E-state index in [2.05, 4.69) is 226 Å². The summed E-state index contributed by atoms with van der Waals surface area (Å²) in [6, 6.07) is 76.3. The van der Waals surface area contributed by atoms with Gasteiger partial charge >= 0.3 is 0 Å². The molecule has 0 bridgehead atoms. The first-order valence-electron chi connectivity index (χ1n) is 20.7. The van der Waals surface area contributed by atoms with Gasteiger partial charge in [-0.05, 0) is 75.3 Å². The molecule has 8 aromatic carbocycles. The van der Waals surface area contributed by atoms with Crippen molar-refractivity contribution in [3.63, 3.8) is 0 Å². The SMILES string of the molecule is c1ccc([Si](c2ccccc2)(c2cc(-n3c4ccccc4c4ccccc43)nc(-n3c4ccccc4n4c5ccccc5nc34)c2)c2cccc3c2oc2ccccc23)cc1. The molecule has 0 aliphatic rings. The quantitative estimate of drug-likeness (QED) is 0.124. The lowest BCUT2D eigenvalue weighted by molar-refractivity contribution is 0.671. The van der Waals surface area contributed by atoms with E-state index in [1.165, 1.54) is 31.5 Å². The second-order valence-electron chi connectivity index (χ2n) is 15.8. The second kappa shape index (κ2) is 13.0. The fraction of sp³-hybridized carbons (Fsp3) is 0. The molecule has 0 saturated carbocycles. The van der Waals surface area contributed by atoms with Gasteiger partial charge in [-0.15, -0.1) is 0 Å². The fourth-order valence-corrected chi connectivity index (χ4v) is 15.0. The van der Waals surface area contributed by atoms with Crippen LogP contribution in [0, 0.1) is 0 Å². The smallest absolute Gasteiger partial charge is 0.221 e. The molecular weight excluding hydrogens is 763 g/mol. The number of fused-ring (bicyclic) bond motifs is 11. The van der Waals surface area contributed by atoms with E-state index in [0.717, 1.165) is 72.5 Å². The highest BCUT2D eigenvalue weighted by atomic mass is 28.3. The van der Waals surface area contributed by atoms with Crippen molar-refractivity contribution in [1.82, 2.24) is 23.5 Å². The molecule has 0 spiro atoms. The molecule has 6 nitrogen and oxygen atoms in total. The molecule has 0 saturated heterocycles. The molecule has 0 fully saturated rings. The summed E-state index contributed by atoms with van der Waals surface area (Å²) >= 11 is 0. The molecule has 0 unspecified atom stereocenters. The van der Waals surface area contributed by atoms with Gasteiger partial charge < -0.3 is 4.42 Å². The number of benzene rings is 8. The Balaban J connectivity index is 1.25. The molecule has 0 amide bonds. The van der Waals surface area contributed by atoms with Crippen molar-refractivity contribution in [3.05, 3.63) is 212 Å². The van der Waals surface area contributed by atoms with E-state index >= 15 is 0 Å². The number of aromatic nitrogens is 5. The predicted molar refractivity (Wildman–Crippen MR) is 253 cm³/mol. The molecule has 7 heteroatoms. The first-order chi connectivity index (χ1) is 30.3. The molecule has 0 aliphatic heterocycles. The minimum absolute atomic E-state index is 0.788. The summed E-state index contributed by atoms with van der Waals surface area (Å²) in [5.41, 5.74) is 8.07. The Kier molecular flexibility index (Phi) is 7.23. The zero-order valence-electron chi connectivity index (χ0n) is 32.9. The largest absolute Gasteiger partial charge is 0.456 e. The van der Waals surface area contributed by atoms with E-state index in [1.807, 2.05) is 0 Å². The topological polar surface area (TPSA) is 53.2 Å². The van der Waals surface area contributed by atoms with Crippen molar-refractivity contribution in [2.24, 2.45) is 0 Å². The lowest BCUT2D eigenvalue weighted by Crippen LogP contribution is -2.75. The molecule has 5 aromatic heterocycles. The van der Waals surface area contributed by atoms with Gasteiger partial charge in [0, 0.05) is 21.5 Å². The highest BCUT2D eigenvalue weighted by Crippen LogP contribution is 2.34. The van der Waals surface area contributed by atoms with E-state index in [4.69, 9.17) is 14.4 Å². The molecule has 286 valence electrons. The molecule has 13 rings (SSSR count). The lowest BCUT2D eigenvalue weighted by atomic mass is 10.1. The number of imidazole rings is 2. The number of hydrogen-bond donors (Lipinski definition) is 0. The van der Waals surface area contributed by atoms with E-state index in [-0.39, 0.29) is 0 Å². The molecule has 13 aromatic rings. The highest BCUT2D eigenvalue weighted by Gasteiger charge is 2.44. The molecule has 5 heterocycles. The van der Waals surface area contributed by atoms with Gasteiger partial charge in [0.15, 0.2) is 8.07 Å². The Bertz CT molecular complexity index is 3750. The van der Waals surface area contributed by atoms with Crippen molar-refractivity contribution in [3.8, 4) is 11.6 Å². The van der Waals surface area contributed by atoms with E-state index in [9.17, 15) is 0 Å². The van der Waals surface area contributed by atoms with Gasteiger partial charge in [-0.2, -0.15) is 0 Å². The standard InChI is InChI=1S/C54H35N5OSi/c1-3-18-36(19-4-1)61(37-20-5-2-6-21-37,50-33-17-25-42-41-24-9-16-32-49(41)60-53(42)50)38-34-51(57-44-27-11-7-22-39(44)40-23-8-12-28-45(40)57)56-52(35-38)59-48-31-15-14-30-47(48)58-46-29-13-10-26-43(46)55-54(58)59/h1-35H. The third-order valence-electron chi connectivity index (χ3n) is 12.6. The van der Waals surface area contributed by atoms with Gasteiger partial charge in [0.25, 0.3) is 0 Å². The average molecular weight is 798 g/mol. The highest BCUT2D eigenvalue weighted by molar-refractivity contribution is 7.20. The van der Waals surface area contributed by atoms with E-state index < -0.39 is 8.07 Å². The normalized spacial score (nSPS) is 12.3. The molecule has 0 atom stereocenters. The summed E-state index contributed by atoms with van der Waals surface area (Å²) < 4.78 is 13.9. The van der Waals surface area contributed by atoms with Gasteiger partial charge in [0.1, 0.15) is 22.8 Å². The molecule has 0 radical (unpaired) electrons. The van der Waals surface area contributed by atoms with Crippen LogP contribution < -0.4 is 20.7 Å². The van der Waals surface area contributed by atoms with E-state index in [1.54, 1.807) is 0 Å². The van der Waals surface area contributed by atoms with Gasteiger partial charge in [-0.1, -0.05) is 158 Å². The van der Waals surface area contributed by atoms with Crippen molar-refractivity contribution >= 4 is 100 Å². The van der Waals surface area contributed by atoms with Crippen LogP contribution in [-0.4, -0.2) is 31.6 Å². The predicted octanol–water partition coefficient (Wildman–Crippen LogP) is 10.2. The van der Waals surface area contributed by atoms with E-state index in [0.29, 0.717) is 0 Å². The first kappa shape index (κ1) is 33.9. The van der Waals surface area contributed by atoms with Crippen LogP contribution >= 0.6 is 0 Å². The third kappa shape index (κ3) is 4.77. The summed E-state index contributed by atoms with van der Waals surface area (Å²) in [6.07, 6.45) is 0. The maximum Gasteiger partial charge on any atom is 0.221 e. The van der Waals surface area contributed by atoms with Crippen LogP contribution in [0.4, 0.5) is 0 Å². The number of para-hydroxylation sites is 8. The second-order valence-corrected chi connectivity index (χ2v) is 19.5. The van der Waals surface area contributed by atoms with Crippen LogP contribution in [-0.2, 0) is 0 Å². The van der Waals surface area contributed by atoms with Crippen molar-refractivity contribution in [2.75, 3.05) is 0 Å². The fourth-order valence-electron chi connectivity index (χ4n) is 10.1. The maximum atomic E-state index is 7.02. The van der Waals surface area contributed by atoms with Crippen LogP contribution in [0.1, 0.15) is 0 Å². The Morgan fingerprint density at radius 3 is 1.59 bits per heavy atom. The first-order valence-corrected chi connectivity index (χ1v) is 22.7. The van der Waals surface area contributed by atoms with Crippen molar-refractivity contribution in [2.45, 2.75) is 0 Å². The minimum Gasteiger partial charge on any atom is -0.456 e. The van der Waals surface area contributed by atoms with Crippen LogP contribution in [0.5, 0.6) is 0 Å². The van der Waals surface area contributed by atoms with Crippen LogP contribution in [0.25, 0.3) is 83.2 Å². The van der Waals surface area contributed by atoms with Gasteiger partial charge in [0.05, 0.1) is 33.1 Å². The molecule has 0 N–H and O–H groups in total. The molecule has 61 heavy (non-hydrogen) atoms. The van der Waals surface area contributed by atoms with Crippen molar-refractivity contribution < 1.29 is 4.42 Å². The van der Waals surface area contributed by atoms with Gasteiger partial charge in [-0.25, -0.2) is 9.97 Å². The van der Waals surface area contributed by atoms with Gasteiger partial charge in [-0.3, -0.25) is 13.5 Å². The maximum absolute atomic E-state index is 7.02. The number of rotatable bonds is 6. The monoisotopic (exact) mass is 797 g/mol. The zero-order valence-corrected chi connectivity index (χ0v) is 33.9. The lowest BCUT2D eigenvalue weighted by Gasteiger charge is -2.34. The van der Waals surface area contributed by atoms with Crippen LogP contribution in [0.2, 0.25) is 0 Å². The van der Waals surface area contributed by atoms with Crippen LogP contribution in [0.3, 0.4) is 0 Å². The molecular formula is C54H35N5OSi. The Hall–Kier alpha value is -8.00.